The summed E-state index contributed by atoms with van der Waals surface area (Å²) in [4.78, 5) is 11.5. The molecule has 0 saturated carbocycles. The summed E-state index contributed by atoms with van der Waals surface area (Å²) in [5.74, 6) is 0. The fraction of sp³-hybridized carbons (Fsp3) is 0. The van der Waals surface area contributed by atoms with Crippen LogP contribution < -0.4 is 5.69 Å². The SMILES string of the molecule is O=c1[nH]nc2ccc(-c3ccccc3Cl)cn12. The number of halogens is 1. The zero-order valence-electron chi connectivity index (χ0n) is 8.72. The van der Waals surface area contributed by atoms with Crippen LogP contribution in [0.5, 0.6) is 0 Å². The molecule has 0 unspecified atom stereocenters. The van der Waals surface area contributed by atoms with Gasteiger partial charge in [0.1, 0.15) is 0 Å². The van der Waals surface area contributed by atoms with E-state index >= 15 is 0 Å². The molecule has 0 saturated heterocycles. The average Bonchev–Trinajstić information content (AvgIpc) is 2.71. The van der Waals surface area contributed by atoms with E-state index < -0.39 is 0 Å². The van der Waals surface area contributed by atoms with Crippen LogP contribution in [-0.4, -0.2) is 14.6 Å². The normalized spacial score (nSPS) is 10.9. The maximum absolute atomic E-state index is 11.5. The summed E-state index contributed by atoms with van der Waals surface area (Å²) >= 11 is 6.11. The number of nitrogens with zero attached hydrogens (tertiary/aromatic N) is 2. The number of H-pyrrole nitrogens is 1. The first-order valence-corrected chi connectivity index (χ1v) is 5.45. The average molecular weight is 246 g/mol. The third kappa shape index (κ3) is 1.62. The minimum absolute atomic E-state index is 0.256. The molecule has 0 fully saturated rings. The summed E-state index contributed by atoms with van der Waals surface area (Å²) in [6.45, 7) is 0. The van der Waals surface area contributed by atoms with Crippen molar-refractivity contribution in [1.29, 1.82) is 0 Å². The molecule has 0 bridgehead atoms. The van der Waals surface area contributed by atoms with Gasteiger partial charge in [-0.1, -0.05) is 29.8 Å². The van der Waals surface area contributed by atoms with E-state index in [1.54, 1.807) is 12.3 Å². The van der Waals surface area contributed by atoms with Gasteiger partial charge in [-0.05, 0) is 18.2 Å². The van der Waals surface area contributed by atoms with Crippen LogP contribution in [0.3, 0.4) is 0 Å². The maximum Gasteiger partial charge on any atom is 0.347 e. The molecule has 4 nitrogen and oxygen atoms in total. The quantitative estimate of drug-likeness (QED) is 0.715. The number of aromatic nitrogens is 3. The minimum Gasteiger partial charge on any atom is -0.250 e. The Bertz CT molecular complexity index is 745. The van der Waals surface area contributed by atoms with Crippen molar-refractivity contribution >= 4 is 17.2 Å². The van der Waals surface area contributed by atoms with E-state index in [1.165, 1.54) is 4.40 Å². The Morgan fingerprint density at radius 2 is 2.00 bits per heavy atom. The van der Waals surface area contributed by atoms with Crippen LogP contribution in [0.1, 0.15) is 0 Å². The first kappa shape index (κ1) is 10.1. The Labute approximate surface area is 101 Å². The molecular weight excluding hydrogens is 238 g/mol. The van der Waals surface area contributed by atoms with Gasteiger partial charge in [0, 0.05) is 22.3 Å². The lowest BCUT2D eigenvalue weighted by Gasteiger charge is -2.03. The molecular formula is C12H8ClN3O. The Kier molecular flexibility index (Phi) is 2.23. The van der Waals surface area contributed by atoms with Gasteiger partial charge in [-0.3, -0.25) is 0 Å². The Morgan fingerprint density at radius 1 is 1.18 bits per heavy atom. The van der Waals surface area contributed by atoms with E-state index in [-0.39, 0.29) is 5.69 Å². The Balaban J connectivity index is 2.28. The van der Waals surface area contributed by atoms with E-state index in [0.717, 1.165) is 11.1 Å². The van der Waals surface area contributed by atoms with E-state index in [0.29, 0.717) is 10.7 Å². The standard InChI is InChI=1S/C12H8ClN3O/c13-10-4-2-1-3-9(10)8-5-6-11-14-15-12(17)16(11)7-8/h1-7H,(H,15,17). The number of hydrogen-bond acceptors (Lipinski definition) is 2. The van der Waals surface area contributed by atoms with Crippen LogP contribution >= 0.6 is 11.6 Å². The number of hydrogen-bond donors (Lipinski definition) is 1. The molecule has 0 atom stereocenters. The van der Waals surface area contributed by atoms with Crippen LogP contribution in [-0.2, 0) is 0 Å². The van der Waals surface area contributed by atoms with Crippen LogP contribution in [0, 0.1) is 0 Å². The Morgan fingerprint density at radius 3 is 2.82 bits per heavy atom. The van der Waals surface area contributed by atoms with Gasteiger partial charge in [0.15, 0.2) is 5.65 Å². The lowest BCUT2D eigenvalue weighted by atomic mass is 10.1. The molecule has 3 rings (SSSR count). The van der Waals surface area contributed by atoms with Gasteiger partial charge in [0.25, 0.3) is 0 Å². The molecule has 5 heteroatoms. The lowest BCUT2D eigenvalue weighted by molar-refractivity contribution is 1.02. The van der Waals surface area contributed by atoms with Gasteiger partial charge in [0.2, 0.25) is 0 Å². The van der Waals surface area contributed by atoms with Crippen molar-refractivity contribution in [3.8, 4) is 11.1 Å². The number of aromatic amines is 1. The zero-order chi connectivity index (χ0) is 11.8. The molecule has 0 aliphatic carbocycles. The van der Waals surface area contributed by atoms with E-state index in [9.17, 15) is 4.79 Å². The summed E-state index contributed by atoms with van der Waals surface area (Å²) in [5.41, 5.74) is 2.11. The number of fused-ring (bicyclic) bond motifs is 1. The second kappa shape index (κ2) is 3.75. The second-order valence-electron chi connectivity index (χ2n) is 3.65. The van der Waals surface area contributed by atoms with Crippen molar-refractivity contribution in [2.45, 2.75) is 0 Å². The second-order valence-corrected chi connectivity index (χ2v) is 4.06. The van der Waals surface area contributed by atoms with Crippen molar-refractivity contribution in [1.82, 2.24) is 14.6 Å². The summed E-state index contributed by atoms with van der Waals surface area (Å²) < 4.78 is 1.46. The van der Waals surface area contributed by atoms with Crippen LogP contribution in [0.15, 0.2) is 47.4 Å². The number of nitrogens with one attached hydrogen (secondary N) is 1. The largest absolute Gasteiger partial charge is 0.347 e. The number of rotatable bonds is 1. The molecule has 17 heavy (non-hydrogen) atoms. The van der Waals surface area contributed by atoms with Crippen molar-refractivity contribution in [2.24, 2.45) is 0 Å². The topological polar surface area (TPSA) is 50.2 Å². The lowest BCUT2D eigenvalue weighted by Crippen LogP contribution is -2.08. The van der Waals surface area contributed by atoms with E-state index in [4.69, 9.17) is 11.6 Å². The van der Waals surface area contributed by atoms with Crippen LogP contribution in [0.25, 0.3) is 16.8 Å². The highest BCUT2D eigenvalue weighted by Crippen LogP contribution is 2.26. The molecule has 84 valence electrons. The van der Waals surface area contributed by atoms with Crippen molar-refractivity contribution in [2.75, 3.05) is 0 Å². The van der Waals surface area contributed by atoms with Gasteiger partial charge in [-0.15, -0.1) is 0 Å². The van der Waals surface area contributed by atoms with Gasteiger partial charge >= 0.3 is 5.69 Å². The van der Waals surface area contributed by atoms with Gasteiger partial charge in [0.05, 0.1) is 0 Å². The van der Waals surface area contributed by atoms with Crippen molar-refractivity contribution in [3.63, 3.8) is 0 Å². The highest BCUT2D eigenvalue weighted by Gasteiger charge is 2.05. The summed E-state index contributed by atoms with van der Waals surface area (Å²) in [6, 6.07) is 11.2. The van der Waals surface area contributed by atoms with Gasteiger partial charge in [-0.2, -0.15) is 5.10 Å². The molecule has 0 aliphatic heterocycles. The van der Waals surface area contributed by atoms with Crippen LogP contribution in [0.2, 0.25) is 5.02 Å². The zero-order valence-corrected chi connectivity index (χ0v) is 9.48. The van der Waals surface area contributed by atoms with Gasteiger partial charge < -0.3 is 0 Å². The summed E-state index contributed by atoms with van der Waals surface area (Å²) in [5, 5.41) is 6.92. The minimum atomic E-state index is -0.256. The predicted molar refractivity (Wildman–Crippen MR) is 66.3 cm³/mol. The molecule has 1 N–H and O–H groups in total. The van der Waals surface area contributed by atoms with Crippen LogP contribution in [0.4, 0.5) is 0 Å². The smallest absolute Gasteiger partial charge is 0.250 e. The molecule has 0 aliphatic rings. The fourth-order valence-corrected chi connectivity index (χ4v) is 2.01. The van der Waals surface area contributed by atoms with E-state index in [2.05, 4.69) is 10.2 Å². The first-order chi connectivity index (χ1) is 8.25. The Hall–Kier alpha value is -2.07. The molecule has 3 aromatic rings. The third-order valence-corrected chi connectivity index (χ3v) is 2.93. The highest BCUT2D eigenvalue weighted by atomic mass is 35.5. The fourth-order valence-electron chi connectivity index (χ4n) is 1.76. The number of benzene rings is 1. The highest BCUT2D eigenvalue weighted by molar-refractivity contribution is 6.33. The molecule has 1 aromatic carbocycles. The third-order valence-electron chi connectivity index (χ3n) is 2.60. The van der Waals surface area contributed by atoms with Gasteiger partial charge in [-0.25, -0.2) is 14.3 Å². The van der Waals surface area contributed by atoms with Crippen molar-refractivity contribution < 1.29 is 0 Å². The molecule has 0 spiro atoms. The molecule has 2 heterocycles. The predicted octanol–water partition coefficient (Wildman–Crippen LogP) is 2.34. The first-order valence-electron chi connectivity index (χ1n) is 5.07. The molecule has 0 amide bonds. The summed E-state index contributed by atoms with van der Waals surface area (Å²) in [7, 11) is 0. The van der Waals surface area contributed by atoms with E-state index in [1.807, 2.05) is 30.3 Å². The summed E-state index contributed by atoms with van der Waals surface area (Å²) in [6.07, 6.45) is 1.72. The maximum atomic E-state index is 11.5. The van der Waals surface area contributed by atoms with Crippen molar-refractivity contribution in [3.05, 3.63) is 58.1 Å². The molecule has 2 aromatic heterocycles. The number of pyridine rings is 1. The molecule has 0 radical (unpaired) electrons. The monoisotopic (exact) mass is 245 g/mol.